The largest absolute Gasteiger partial charge is 0.756 e. The minimum Gasteiger partial charge on any atom is -0.756 e. The molecular weight excluding hydrogens is 433 g/mol. The average molecular weight is 455 g/mol. The molecular formula is C18H22N3O9P. The molecule has 0 aromatic heterocycles. The summed E-state index contributed by atoms with van der Waals surface area (Å²) in [6.07, 6.45) is -2.15. The molecule has 1 aliphatic carbocycles. The first-order valence-electron chi connectivity index (χ1n) is 9.92. The number of benzene rings is 1. The molecule has 1 unspecified atom stereocenters. The van der Waals surface area contributed by atoms with Gasteiger partial charge in [-0.15, -0.1) is 0 Å². The molecule has 1 amide bonds. The van der Waals surface area contributed by atoms with Gasteiger partial charge in [-0.3, -0.25) is 9.36 Å². The number of rotatable bonds is 0. The van der Waals surface area contributed by atoms with Gasteiger partial charge >= 0.3 is 0 Å². The molecule has 5 aliphatic rings. The fourth-order valence-electron chi connectivity index (χ4n) is 4.30. The van der Waals surface area contributed by atoms with Crippen LogP contribution in [0.25, 0.3) is 5.57 Å². The molecule has 13 heteroatoms. The van der Waals surface area contributed by atoms with Gasteiger partial charge in [0.05, 0.1) is 24.7 Å². The van der Waals surface area contributed by atoms with Crippen molar-refractivity contribution in [3.05, 3.63) is 23.3 Å². The maximum Gasteiger partial charge on any atom is 0.268 e. The zero-order valence-corrected chi connectivity index (χ0v) is 17.2. The second-order valence-corrected chi connectivity index (χ2v) is 8.96. The standard InChI is InChI=1S/C14H12NO9P.C4H10N2/c16-6-1-5-4-2-7-12(22-3-21-7)10(17)8(4)14(18)15-9(5)13-11(6)23-25(19,20)24-13;1-2-6-4-3-5-1/h1-2,6,9,11,13,16-17H,3H2,(H,15,18)(H,19,20);5-6H,1-4H2/t6-,9+,11+,13-;/m0./s1. The van der Waals surface area contributed by atoms with E-state index in [4.69, 9.17) is 18.5 Å². The molecule has 12 nitrogen and oxygen atoms in total. The number of fused-ring (bicyclic) bond motifs is 6. The van der Waals surface area contributed by atoms with E-state index in [1.165, 1.54) is 38.3 Å². The van der Waals surface area contributed by atoms with E-state index in [1.807, 2.05) is 0 Å². The fourth-order valence-corrected chi connectivity index (χ4v) is 5.43. The van der Waals surface area contributed by atoms with E-state index >= 15 is 0 Å². The van der Waals surface area contributed by atoms with Crippen molar-refractivity contribution in [2.24, 2.45) is 0 Å². The van der Waals surface area contributed by atoms with Crippen LogP contribution < -0.4 is 30.3 Å². The van der Waals surface area contributed by atoms with Crippen LogP contribution in [-0.2, 0) is 13.6 Å². The van der Waals surface area contributed by atoms with E-state index < -0.39 is 38.1 Å². The van der Waals surface area contributed by atoms with Crippen LogP contribution in [0.5, 0.6) is 17.2 Å². The Balaban J connectivity index is 0.000000296. The van der Waals surface area contributed by atoms with Crippen molar-refractivity contribution in [3.63, 3.8) is 0 Å². The highest BCUT2D eigenvalue weighted by Gasteiger charge is 2.52. The van der Waals surface area contributed by atoms with Crippen LogP contribution in [0, 0.1) is 0 Å². The minimum atomic E-state index is -4.56. The molecule has 0 radical (unpaired) electrons. The molecule has 0 spiro atoms. The van der Waals surface area contributed by atoms with Crippen molar-refractivity contribution in [2.45, 2.75) is 24.4 Å². The van der Waals surface area contributed by atoms with E-state index in [-0.39, 0.29) is 29.6 Å². The molecule has 4 aliphatic heterocycles. The Morgan fingerprint density at radius 3 is 2.61 bits per heavy atom. The number of amides is 1. The molecule has 168 valence electrons. The number of aliphatic hydroxyl groups excluding tert-OH is 1. The first-order chi connectivity index (χ1) is 14.9. The maximum absolute atomic E-state index is 12.5. The summed E-state index contributed by atoms with van der Waals surface area (Å²) in [5, 5.41) is 28.8. The van der Waals surface area contributed by atoms with Gasteiger partial charge in [0.15, 0.2) is 11.5 Å². The first-order valence-corrected chi connectivity index (χ1v) is 11.4. The second kappa shape index (κ2) is 7.75. The van der Waals surface area contributed by atoms with Gasteiger partial charge in [0.1, 0.15) is 18.3 Å². The van der Waals surface area contributed by atoms with E-state index in [2.05, 4.69) is 16.0 Å². The summed E-state index contributed by atoms with van der Waals surface area (Å²) in [4.78, 5) is 24.1. The van der Waals surface area contributed by atoms with E-state index in [9.17, 15) is 24.5 Å². The quantitative estimate of drug-likeness (QED) is 0.261. The van der Waals surface area contributed by atoms with E-state index in [1.54, 1.807) is 0 Å². The second-order valence-electron chi connectivity index (χ2n) is 7.65. The summed E-state index contributed by atoms with van der Waals surface area (Å²) in [5.74, 6) is -0.692. The zero-order valence-electron chi connectivity index (χ0n) is 16.3. The number of aliphatic hydroxyl groups is 1. The molecule has 4 heterocycles. The molecule has 1 aromatic carbocycles. The summed E-state index contributed by atoms with van der Waals surface area (Å²) in [7, 11) is -4.56. The lowest BCUT2D eigenvalue weighted by molar-refractivity contribution is -0.657. The number of piperazine rings is 1. The third kappa shape index (κ3) is 3.60. The summed E-state index contributed by atoms with van der Waals surface area (Å²) >= 11 is 0. The number of ether oxygens (including phenoxy) is 2. The summed E-state index contributed by atoms with van der Waals surface area (Å²) < 4.78 is 31.7. The number of carbonyl (C=O) groups is 1. The van der Waals surface area contributed by atoms with E-state index in [0.29, 0.717) is 11.1 Å². The monoisotopic (exact) mass is 455 g/mol. The van der Waals surface area contributed by atoms with Crippen LogP contribution in [0.2, 0.25) is 0 Å². The highest BCUT2D eigenvalue weighted by molar-refractivity contribution is 7.46. The highest BCUT2D eigenvalue weighted by atomic mass is 31.2. The number of hydrogen-bond donors (Lipinski definition) is 5. The Morgan fingerprint density at radius 1 is 1.19 bits per heavy atom. The number of hydrogen-bond acceptors (Lipinski definition) is 10. The molecule has 6 N–H and O–H groups in total. The van der Waals surface area contributed by atoms with E-state index in [0.717, 1.165) is 0 Å². The minimum absolute atomic E-state index is 0.0402. The van der Waals surface area contributed by atoms with Crippen molar-refractivity contribution < 1.29 is 48.3 Å². The highest BCUT2D eigenvalue weighted by Crippen LogP contribution is 2.55. The number of nitrogens with one attached hydrogen (secondary N) is 2. The van der Waals surface area contributed by atoms with Gasteiger partial charge in [0.25, 0.3) is 13.7 Å². The number of nitrogens with two attached hydrogens (primary N) is 1. The Hall–Kier alpha value is -2.18. The molecule has 31 heavy (non-hydrogen) atoms. The number of aromatic hydroxyl groups is 1. The van der Waals surface area contributed by atoms with Crippen LogP contribution in [0.15, 0.2) is 12.1 Å². The predicted molar refractivity (Wildman–Crippen MR) is 101 cm³/mol. The van der Waals surface area contributed by atoms with Crippen molar-refractivity contribution >= 4 is 19.3 Å². The van der Waals surface area contributed by atoms with Gasteiger partial charge in [-0.05, 0) is 17.7 Å². The Kier molecular flexibility index (Phi) is 5.18. The van der Waals surface area contributed by atoms with Gasteiger partial charge in [0, 0.05) is 18.7 Å². The molecule has 5 atom stereocenters. The Labute approximate surface area is 176 Å². The lowest BCUT2D eigenvalue weighted by Crippen LogP contribution is -2.89. The molecule has 0 saturated carbocycles. The Bertz CT molecular complexity index is 984. The topological polar surface area (TPSA) is 175 Å². The molecule has 0 bridgehead atoms. The average Bonchev–Trinajstić information content (AvgIpc) is 3.35. The number of carbonyl (C=O) groups excluding carboxylic acids is 1. The normalized spacial score (nSPS) is 35.0. The van der Waals surface area contributed by atoms with Crippen LogP contribution in [0.4, 0.5) is 0 Å². The zero-order chi connectivity index (χ0) is 21.8. The number of phosphoric ester groups is 1. The van der Waals surface area contributed by atoms with Crippen LogP contribution in [0.3, 0.4) is 0 Å². The third-order valence-corrected chi connectivity index (χ3v) is 6.69. The van der Waals surface area contributed by atoms with Gasteiger partial charge in [0.2, 0.25) is 12.5 Å². The van der Waals surface area contributed by atoms with Gasteiger partial charge in [-0.25, -0.2) is 0 Å². The first kappa shape index (κ1) is 20.7. The lowest BCUT2D eigenvalue weighted by Gasteiger charge is -2.38. The third-order valence-electron chi connectivity index (χ3n) is 5.69. The number of phenols is 1. The summed E-state index contributed by atoms with van der Waals surface area (Å²) in [6, 6.07) is 0.646. The summed E-state index contributed by atoms with van der Waals surface area (Å²) in [6.45, 7) is 4.82. The van der Waals surface area contributed by atoms with Gasteiger partial charge < -0.3 is 49.6 Å². The molecule has 2 fully saturated rings. The number of quaternary nitrogens is 1. The van der Waals surface area contributed by atoms with Crippen molar-refractivity contribution in [2.75, 3.05) is 33.0 Å². The van der Waals surface area contributed by atoms with Crippen LogP contribution in [0.1, 0.15) is 15.9 Å². The SMILES string of the molecule is C1C[NH2+]CCN1.O=C1N[C@@H]2C(=C[C@H](O)[C@H]3OP(=O)([O-])O[C@H]32)c2cc3c(c(O)c21)OCO3. The van der Waals surface area contributed by atoms with Gasteiger partial charge in [-0.2, -0.15) is 0 Å². The van der Waals surface area contributed by atoms with Crippen LogP contribution in [-0.4, -0.2) is 73.4 Å². The van der Waals surface area contributed by atoms with Gasteiger partial charge in [-0.1, -0.05) is 0 Å². The molecule has 6 rings (SSSR count). The molecule has 2 saturated heterocycles. The smallest absolute Gasteiger partial charge is 0.268 e. The fraction of sp³-hybridized carbons (Fsp3) is 0.500. The van der Waals surface area contributed by atoms with Crippen molar-refractivity contribution in [1.82, 2.24) is 10.6 Å². The summed E-state index contributed by atoms with van der Waals surface area (Å²) in [5.41, 5.74) is 0.674. The molecule has 1 aromatic rings. The van der Waals surface area contributed by atoms with Crippen LogP contribution >= 0.6 is 7.82 Å². The number of phosphoric acid groups is 1. The van der Waals surface area contributed by atoms with Crippen molar-refractivity contribution in [1.29, 1.82) is 0 Å². The maximum atomic E-state index is 12.5. The lowest BCUT2D eigenvalue weighted by atomic mass is 9.79. The van der Waals surface area contributed by atoms with Crippen molar-refractivity contribution in [3.8, 4) is 17.2 Å². The predicted octanol–water partition coefficient (Wildman–Crippen LogP) is -2.60. The Morgan fingerprint density at radius 2 is 1.94 bits per heavy atom. The number of phenolic OH excluding ortho intramolecular Hbond substituents is 1.